The van der Waals surface area contributed by atoms with Crippen molar-refractivity contribution in [3.8, 4) is 17.6 Å². The molecule has 0 saturated carbocycles. The van der Waals surface area contributed by atoms with Crippen molar-refractivity contribution in [2.24, 2.45) is 0 Å². The number of nitrogens with zero attached hydrogens (tertiary/aromatic N) is 2. The molecule has 11 heteroatoms. The lowest BCUT2D eigenvalue weighted by molar-refractivity contribution is -0.384. The van der Waals surface area contributed by atoms with E-state index in [4.69, 9.17) is 8.92 Å². The Morgan fingerprint density at radius 1 is 1.09 bits per heavy atom. The molecular formula is C24H19N3O7S. The zero-order valence-electron chi connectivity index (χ0n) is 18.6. The van der Waals surface area contributed by atoms with Crippen LogP contribution in [0.4, 0.5) is 11.4 Å². The summed E-state index contributed by atoms with van der Waals surface area (Å²) >= 11 is 0. The van der Waals surface area contributed by atoms with Crippen LogP contribution in [0.5, 0.6) is 11.5 Å². The standard InChI is InChI=1S/C24H19N3O7S/c1-16-6-11-22(23(12-16)27(29)30)26-24(28)18(15-25)13-17-4-3-5-20(14-17)34-35(31,32)21-9-7-19(33-2)8-10-21/h3-14H,1-2H3,(H,26,28)/b18-13+. The molecule has 0 aliphatic rings. The number of carbonyl (C=O) groups is 1. The van der Waals surface area contributed by atoms with E-state index in [-0.39, 0.29) is 27.6 Å². The average molecular weight is 493 g/mol. The number of anilines is 1. The average Bonchev–Trinajstić information content (AvgIpc) is 2.83. The minimum atomic E-state index is -4.15. The van der Waals surface area contributed by atoms with E-state index in [2.05, 4.69) is 5.32 Å². The number of carbonyl (C=O) groups excluding carboxylic acids is 1. The number of hydrogen-bond donors (Lipinski definition) is 1. The highest BCUT2D eigenvalue weighted by atomic mass is 32.2. The number of benzene rings is 3. The number of rotatable bonds is 8. The number of amides is 1. The van der Waals surface area contributed by atoms with E-state index in [1.165, 1.54) is 73.8 Å². The molecule has 178 valence electrons. The van der Waals surface area contributed by atoms with Crippen molar-refractivity contribution in [2.75, 3.05) is 12.4 Å². The van der Waals surface area contributed by atoms with Gasteiger partial charge in [-0.3, -0.25) is 14.9 Å². The van der Waals surface area contributed by atoms with E-state index in [0.29, 0.717) is 16.9 Å². The van der Waals surface area contributed by atoms with E-state index in [1.807, 2.05) is 0 Å². The molecule has 0 unspecified atom stereocenters. The quantitative estimate of drug-likeness (QED) is 0.161. The van der Waals surface area contributed by atoms with Crippen molar-refractivity contribution < 1.29 is 27.1 Å². The van der Waals surface area contributed by atoms with Crippen molar-refractivity contribution in [3.63, 3.8) is 0 Å². The molecule has 3 aromatic carbocycles. The summed E-state index contributed by atoms with van der Waals surface area (Å²) in [6, 6.07) is 17.4. The summed E-state index contributed by atoms with van der Waals surface area (Å²) in [4.78, 5) is 23.2. The third-order valence-electron chi connectivity index (χ3n) is 4.69. The first kappa shape index (κ1) is 24.9. The SMILES string of the molecule is COc1ccc(S(=O)(=O)Oc2cccc(/C=C(\C#N)C(=O)Nc3ccc(C)cc3[N+](=O)[O-])c2)cc1. The molecule has 3 aromatic rings. The predicted octanol–water partition coefficient (Wildman–Crippen LogP) is 4.23. The van der Waals surface area contributed by atoms with Crippen molar-refractivity contribution in [3.05, 3.63) is 93.5 Å². The first-order valence-corrected chi connectivity index (χ1v) is 11.4. The predicted molar refractivity (Wildman–Crippen MR) is 127 cm³/mol. The second-order valence-electron chi connectivity index (χ2n) is 7.19. The monoisotopic (exact) mass is 493 g/mol. The van der Waals surface area contributed by atoms with Crippen molar-refractivity contribution >= 4 is 33.5 Å². The Kier molecular flexibility index (Phi) is 7.48. The van der Waals surface area contributed by atoms with Gasteiger partial charge in [-0.05, 0) is 66.6 Å². The lowest BCUT2D eigenvalue weighted by Gasteiger charge is -2.09. The molecule has 0 spiro atoms. The lowest BCUT2D eigenvalue weighted by Crippen LogP contribution is -2.14. The molecule has 3 rings (SSSR count). The molecule has 0 atom stereocenters. The summed E-state index contributed by atoms with van der Waals surface area (Å²) < 4.78 is 35.3. The first-order chi connectivity index (χ1) is 16.6. The summed E-state index contributed by atoms with van der Waals surface area (Å²) in [5.74, 6) is -0.424. The maximum Gasteiger partial charge on any atom is 0.339 e. The number of methoxy groups -OCH3 is 1. The highest BCUT2D eigenvalue weighted by molar-refractivity contribution is 7.87. The lowest BCUT2D eigenvalue weighted by atomic mass is 10.1. The number of aryl methyl sites for hydroxylation is 1. The van der Waals surface area contributed by atoms with E-state index in [0.717, 1.165) is 0 Å². The van der Waals surface area contributed by atoms with Crippen LogP contribution in [0.3, 0.4) is 0 Å². The topological polar surface area (TPSA) is 149 Å². The number of nitrogens with one attached hydrogen (secondary N) is 1. The van der Waals surface area contributed by atoms with Crippen LogP contribution in [-0.2, 0) is 14.9 Å². The Morgan fingerprint density at radius 2 is 1.80 bits per heavy atom. The zero-order valence-corrected chi connectivity index (χ0v) is 19.4. The summed E-state index contributed by atoms with van der Waals surface area (Å²) in [6.07, 6.45) is 1.21. The van der Waals surface area contributed by atoms with E-state index < -0.39 is 20.9 Å². The molecule has 1 amide bonds. The molecule has 0 fully saturated rings. The molecular weight excluding hydrogens is 474 g/mol. The number of hydrogen-bond acceptors (Lipinski definition) is 8. The Balaban J connectivity index is 1.83. The number of nitro benzene ring substituents is 1. The van der Waals surface area contributed by atoms with Gasteiger partial charge in [0.2, 0.25) is 0 Å². The Labute approximate surface area is 201 Å². The smallest absolute Gasteiger partial charge is 0.339 e. The number of nitriles is 1. The molecule has 0 aliphatic heterocycles. The van der Waals surface area contributed by atoms with Gasteiger partial charge < -0.3 is 14.2 Å². The van der Waals surface area contributed by atoms with Gasteiger partial charge in [-0.2, -0.15) is 13.7 Å². The molecule has 0 aliphatic carbocycles. The van der Waals surface area contributed by atoms with Gasteiger partial charge >= 0.3 is 10.1 Å². The number of ether oxygens (including phenoxy) is 1. The molecule has 0 heterocycles. The molecule has 1 N–H and O–H groups in total. The van der Waals surface area contributed by atoms with Crippen molar-refractivity contribution in [1.82, 2.24) is 0 Å². The van der Waals surface area contributed by atoms with Crippen LogP contribution in [-0.4, -0.2) is 26.4 Å². The Hall–Kier alpha value is -4.69. The van der Waals surface area contributed by atoms with Gasteiger partial charge in [0.15, 0.2) is 0 Å². The maximum absolute atomic E-state index is 12.6. The molecule has 0 radical (unpaired) electrons. The van der Waals surface area contributed by atoms with Crippen LogP contribution >= 0.6 is 0 Å². The van der Waals surface area contributed by atoms with Crippen LogP contribution in [0, 0.1) is 28.4 Å². The Morgan fingerprint density at radius 3 is 2.43 bits per heavy atom. The molecule has 0 bridgehead atoms. The van der Waals surface area contributed by atoms with Gasteiger partial charge in [0, 0.05) is 6.07 Å². The fourth-order valence-electron chi connectivity index (χ4n) is 2.98. The highest BCUT2D eigenvalue weighted by Gasteiger charge is 2.19. The molecule has 0 aromatic heterocycles. The minimum Gasteiger partial charge on any atom is -0.497 e. The van der Waals surface area contributed by atoms with Crippen LogP contribution in [0.15, 0.2) is 77.2 Å². The van der Waals surface area contributed by atoms with Crippen LogP contribution < -0.4 is 14.2 Å². The first-order valence-electron chi connectivity index (χ1n) is 10.00. The minimum absolute atomic E-state index is 0.0403. The second kappa shape index (κ2) is 10.5. The summed E-state index contributed by atoms with van der Waals surface area (Å²) in [5.41, 5.74) is 0.212. The fourth-order valence-corrected chi connectivity index (χ4v) is 3.90. The van der Waals surface area contributed by atoms with Crippen molar-refractivity contribution in [1.29, 1.82) is 5.26 Å². The van der Waals surface area contributed by atoms with Gasteiger partial charge in [-0.15, -0.1) is 0 Å². The van der Waals surface area contributed by atoms with Gasteiger partial charge in [0.05, 0.1) is 12.0 Å². The molecule has 35 heavy (non-hydrogen) atoms. The zero-order chi connectivity index (χ0) is 25.6. The van der Waals surface area contributed by atoms with Crippen LogP contribution in [0.2, 0.25) is 0 Å². The van der Waals surface area contributed by atoms with Crippen LogP contribution in [0.25, 0.3) is 6.08 Å². The van der Waals surface area contributed by atoms with Crippen LogP contribution in [0.1, 0.15) is 11.1 Å². The molecule has 10 nitrogen and oxygen atoms in total. The van der Waals surface area contributed by atoms with Crippen molar-refractivity contribution in [2.45, 2.75) is 11.8 Å². The second-order valence-corrected chi connectivity index (χ2v) is 8.73. The van der Waals surface area contributed by atoms with E-state index in [9.17, 15) is 28.6 Å². The van der Waals surface area contributed by atoms with Gasteiger partial charge in [-0.1, -0.05) is 18.2 Å². The van der Waals surface area contributed by atoms with E-state index in [1.54, 1.807) is 19.1 Å². The third-order valence-corrected chi connectivity index (χ3v) is 5.95. The fraction of sp³-hybridized carbons (Fsp3) is 0.0833. The van der Waals surface area contributed by atoms with E-state index >= 15 is 0 Å². The largest absolute Gasteiger partial charge is 0.497 e. The highest BCUT2D eigenvalue weighted by Crippen LogP contribution is 2.26. The Bertz CT molecular complexity index is 1460. The summed E-state index contributed by atoms with van der Waals surface area (Å²) in [7, 11) is -2.69. The summed E-state index contributed by atoms with van der Waals surface area (Å²) in [5, 5.41) is 23.1. The number of nitro groups is 1. The summed E-state index contributed by atoms with van der Waals surface area (Å²) in [6.45, 7) is 1.67. The maximum atomic E-state index is 12.6. The third kappa shape index (κ3) is 6.21. The van der Waals surface area contributed by atoms with Gasteiger partial charge in [0.25, 0.3) is 11.6 Å². The van der Waals surface area contributed by atoms with Gasteiger partial charge in [-0.25, -0.2) is 0 Å². The normalized spacial score (nSPS) is 11.3. The molecule has 0 saturated heterocycles. The van der Waals surface area contributed by atoms with Gasteiger partial charge in [0.1, 0.15) is 33.7 Å².